The van der Waals surface area contributed by atoms with Crippen LogP contribution in [0.15, 0.2) is 59.8 Å². The molecule has 1 aromatic carbocycles. The Morgan fingerprint density at radius 1 is 1.21 bits per heavy atom. The first-order chi connectivity index (χ1) is 14.1. The fraction of sp³-hybridized carbons (Fsp3) is 0.211. The number of para-hydroxylation sites is 1. The summed E-state index contributed by atoms with van der Waals surface area (Å²) < 4.78 is 2.14. The van der Waals surface area contributed by atoms with E-state index in [0.29, 0.717) is 0 Å². The number of thioether (sulfide) groups is 1. The molecule has 0 spiro atoms. The molecule has 0 radical (unpaired) electrons. The predicted octanol–water partition coefficient (Wildman–Crippen LogP) is 3.01. The van der Waals surface area contributed by atoms with Crippen LogP contribution in [0.5, 0.6) is 0 Å². The standard InChI is InChI=1S/C19H17N5O3S2/c25-16-9-13(21-18(27)23-16)17(26)24-20-10-11-5-1-3-7-14(11)28-19-22-12-6-2-4-8-15(12)29-19/h2,4,6,8-10H,1,3,5,7H2,(H,24,26)(H2,21,23,25,27)/b20-10-. The molecule has 8 nitrogen and oxygen atoms in total. The molecule has 29 heavy (non-hydrogen) atoms. The molecule has 0 saturated carbocycles. The molecule has 0 bridgehead atoms. The fourth-order valence-electron chi connectivity index (χ4n) is 2.97. The lowest BCUT2D eigenvalue weighted by Crippen LogP contribution is -2.28. The molecule has 0 fully saturated rings. The second kappa shape index (κ2) is 8.58. The van der Waals surface area contributed by atoms with E-state index in [1.807, 2.05) is 23.2 Å². The quantitative estimate of drug-likeness (QED) is 0.427. The average molecular weight is 428 g/mol. The number of aromatic nitrogens is 3. The number of carbonyl (C=O) groups is 1. The third-order valence-electron chi connectivity index (χ3n) is 4.33. The molecule has 4 rings (SSSR count). The monoisotopic (exact) mass is 427 g/mol. The van der Waals surface area contributed by atoms with Crippen molar-refractivity contribution in [1.29, 1.82) is 0 Å². The highest BCUT2D eigenvalue weighted by molar-refractivity contribution is 8.04. The highest BCUT2D eigenvalue weighted by atomic mass is 32.2. The minimum Gasteiger partial charge on any atom is -0.303 e. The molecule has 0 aliphatic heterocycles. The third kappa shape index (κ3) is 4.72. The van der Waals surface area contributed by atoms with Crippen molar-refractivity contribution in [3.05, 3.63) is 67.3 Å². The smallest absolute Gasteiger partial charge is 0.303 e. The predicted molar refractivity (Wildman–Crippen MR) is 115 cm³/mol. The van der Waals surface area contributed by atoms with Gasteiger partial charge in [-0.15, -0.1) is 11.3 Å². The second-order valence-electron chi connectivity index (χ2n) is 6.41. The molecule has 1 aliphatic rings. The molecule has 3 N–H and O–H groups in total. The molecule has 3 aromatic rings. The number of carbonyl (C=O) groups excluding carboxylic acids is 1. The Kier molecular flexibility index (Phi) is 5.72. The van der Waals surface area contributed by atoms with E-state index in [4.69, 9.17) is 0 Å². The van der Waals surface area contributed by atoms with E-state index in [-0.39, 0.29) is 5.69 Å². The summed E-state index contributed by atoms with van der Waals surface area (Å²) in [6.45, 7) is 0. The summed E-state index contributed by atoms with van der Waals surface area (Å²) >= 11 is 3.31. The SMILES string of the molecule is O=C(N/N=C\C1=C(Sc2nc3ccccc3s2)CCCC1)c1cc(=O)[nH]c(=O)[nH]1. The molecule has 10 heteroatoms. The van der Waals surface area contributed by atoms with Gasteiger partial charge in [-0.25, -0.2) is 15.2 Å². The second-order valence-corrected chi connectivity index (χ2v) is 8.78. The van der Waals surface area contributed by atoms with Gasteiger partial charge in [-0.1, -0.05) is 23.9 Å². The Hall–Kier alpha value is -2.98. The van der Waals surface area contributed by atoms with Gasteiger partial charge < -0.3 is 4.98 Å². The first kappa shape index (κ1) is 19.3. The zero-order chi connectivity index (χ0) is 20.2. The largest absolute Gasteiger partial charge is 0.326 e. The molecule has 0 saturated heterocycles. The van der Waals surface area contributed by atoms with E-state index >= 15 is 0 Å². The van der Waals surface area contributed by atoms with Gasteiger partial charge in [-0.3, -0.25) is 14.6 Å². The number of aromatic amines is 2. The Bertz CT molecular complexity index is 1180. The Morgan fingerprint density at radius 3 is 2.86 bits per heavy atom. The maximum atomic E-state index is 12.1. The van der Waals surface area contributed by atoms with Crippen molar-refractivity contribution in [3.8, 4) is 0 Å². The number of benzene rings is 1. The van der Waals surface area contributed by atoms with Crippen LogP contribution in [0.25, 0.3) is 10.2 Å². The normalized spacial score (nSPS) is 14.6. The zero-order valence-corrected chi connectivity index (χ0v) is 16.9. The van der Waals surface area contributed by atoms with Crippen LogP contribution >= 0.6 is 23.1 Å². The van der Waals surface area contributed by atoms with Crippen molar-refractivity contribution in [2.75, 3.05) is 0 Å². The van der Waals surface area contributed by atoms with Crippen molar-refractivity contribution in [2.45, 2.75) is 30.0 Å². The average Bonchev–Trinajstić information content (AvgIpc) is 3.11. The number of H-pyrrole nitrogens is 2. The molecule has 2 aromatic heterocycles. The first-order valence-electron chi connectivity index (χ1n) is 9.01. The molecule has 148 valence electrons. The summed E-state index contributed by atoms with van der Waals surface area (Å²) in [5.41, 5.74) is 2.88. The number of hydrogen-bond acceptors (Lipinski definition) is 7. The van der Waals surface area contributed by atoms with E-state index in [0.717, 1.165) is 51.9 Å². The van der Waals surface area contributed by atoms with Crippen LogP contribution in [0.1, 0.15) is 36.2 Å². The number of hydrogen-bond donors (Lipinski definition) is 3. The van der Waals surface area contributed by atoms with Gasteiger partial charge >= 0.3 is 5.69 Å². The Morgan fingerprint density at radius 2 is 2.03 bits per heavy atom. The number of nitrogens with one attached hydrogen (secondary N) is 3. The van der Waals surface area contributed by atoms with Crippen LogP contribution in [-0.2, 0) is 0 Å². The van der Waals surface area contributed by atoms with Crippen molar-refractivity contribution in [1.82, 2.24) is 20.4 Å². The molecule has 0 unspecified atom stereocenters. The van der Waals surface area contributed by atoms with Crippen molar-refractivity contribution in [3.63, 3.8) is 0 Å². The maximum absolute atomic E-state index is 12.1. The summed E-state index contributed by atoms with van der Waals surface area (Å²) in [6, 6.07) is 9.06. The highest BCUT2D eigenvalue weighted by Crippen LogP contribution is 2.39. The molecule has 0 atom stereocenters. The van der Waals surface area contributed by atoms with Gasteiger partial charge in [0.15, 0.2) is 4.34 Å². The van der Waals surface area contributed by atoms with Gasteiger partial charge in [0.1, 0.15) is 5.69 Å². The van der Waals surface area contributed by atoms with E-state index in [2.05, 4.69) is 26.6 Å². The summed E-state index contributed by atoms with van der Waals surface area (Å²) in [5, 5.41) is 4.02. The topological polar surface area (TPSA) is 120 Å². The lowest BCUT2D eigenvalue weighted by atomic mass is 10.0. The van der Waals surface area contributed by atoms with Crippen molar-refractivity contribution < 1.29 is 4.79 Å². The number of nitrogens with zero attached hydrogens (tertiary/aromatic N) is 2. The van der Waals surface area contributed by atoms with Crippen LogP contribution in [0.4, 0.5) is 0 Å². The molecule has 1 amide bonds. The highest BCUT2D eigenvalue weighted by Gasteiger charge is 2.15. The summed E-state index contributed by atoms with van der Waals surface area (Å²) in [4.78, 5) is 44.8. The lowest BCUT2D eigenvalue weighted by molar-refractivity contribution is 0.0949. The zero-order valence-electron chi connectivity index (χ0n) is 15.2. The van der Waals surface area contributed by atoms with Gasteiger partial charge in [0, 0.05) is 6.07 Å². The lowest BCUT2D eigenvalue weighted by Gasteiger charge is -2.16. The molecular weight excluding hydrogens is 410 g/mol. The summed E-state index contributed by atoms with van der Waals surface area (Å²) in [7, 11) is 0. The molecule has 2 heterocycles. The Balaban J connectivity index is 1.50. The Labute approximate surface area is 173 Å². The van der Waals surface area contributed by atoms with E-state index in [1.165, 1.54) is 4.91 Å². The fourth-order valence-corrected chi connectivity index (χ4v) is 5.30. The minimum absolute atomic E-state index is 0.141. The van der Waals surface area contributed by atoms with Gasteiger partial charge in [0.2, 0.25) is 0 Å². The number of thiazole rings is 1. The summed E-state index contributed by atoms with van der Waals surface area (Å²) in [5.74, 6) is -0.652. The van der Waals surface area contributed by atoms with Gasteiger partial charge in [0.25, 0.3) is 11.5 Å². The van der Waals surface area contributed by atoms with Crippen LogP contribution < -0.4 is 16.7 Å². The number of hydrazone groups is 1. The van der Waals surface area contributed by atoms with Crippen LogP contribution in [0.3, 0.4) is 0 Å². The third-order valence-corrected chi connectivity index (χ3v) is 6.64. The number of fused-ring (bicyclic) bond motifs is 1. The summed E-state index contributed by atoms with van der Waals surface area (Å²) in [6.07, 6.45) is 5.61. The number of amides is 1. The van der Waals surface area contributed by atoms with Crippen molar-refractivity contribution >= 4 is 45.4 Å². The van der Waals surface area contributed by atoms with Gasteiger partial charge in [-0.05, 0) is 48.3 Å². The number of rotatable bonds is 5. The maximum Gasteiger partial charge on any atom is 0.326 e. The van der Waals surface area contributed by atoms with Gasteiger partial charge in [0.05, 0.1) is 16.4 Å². The minimum atomic E-state index is -0.740. The van der Waals surface area contributed by atoms with Crippen LogP contribution in [-0.4, -0.2) is 27.1 Å². The molecular formula is C19H17N5O3S2. The van der Waals surface area contributed by atoms with Crippen LogP contribution in [0.2, 0.25) is 0 Å². The van der Waals surface area contributed by atoms with Crippen LogP contribution in [0, 0.1) is 0 Å². The van der Waals surface area contributed by atoms with E-state index in [1.54, 1.807) is 29.3 Å². The van der Waals surface area contributed by atoms with E-state index in [9.17, 15) is 14.4 Å². The first-order valence-corrected chi connectivity index (χ1v) is 10.6. The van der Waals surface area contributed by atoms with Gasteiger partial charge in [-0.2, -0.15) is 5.10 Å². The van der Waals surface area contributed by atoms with E-state index < -0.39 is 17.2 Å². The number of allylic oxidation sites excluding steroid dienone is 2. The van der Waals surface area contributed by atoms with Crippen molar-refractivity contribution in [2.24, 2.45) is 5.10 Å². The molecule has 1 aliphatic carbocycles.